The minimum absolute atomic E-state index is 0.0471. The van der Waals surface area contributed by atoms with Crippen LogP contribution in [0.15, 0.2) is 47.1 Å². The van der Waals surface area contributed by atoms with Gasteiger partial charge < -0.3 is 15.0 Å². The summed E-state index contributed by atoms with van der Waals surface area (Å²) in [6.45, 7) is 2.50. The third-order valence-corrected chi connectivity index (χ3v) is 5.25. The Balaban J connectivity index is 1.83. The minimum atomic E-state index is -0.122. The van der Waals surface area contributed by atoms with Crippen LogP contribution in [0.25, 0.3) is 5.65 Å². The Bertz CT molecular complexity index is 966. The third-order valence-electron chi connectivity index (χ3n) is 4.78. The van der Waals surface area contributed by atoms with Crippen LogP contribution in [0.2, 0.25) is 0 Å². The summed E-state index contributed by atoms with van der Waals surface area (Å²) in [5.74, 6) is 0.692. The number of carbonyl (C=O) groups is 1. The van der Waals surface area contributed by atoms with E-state index in [1.54, 1.807) is 7.11 Å². The van der Waals surface area contributed by atoms with E-state index in [-0.39, 0.29) is 11.9 Å². The highest BCUT2D eigenvalue weighted by Gasteiger charge is 2.21. The van der Waals surface area contributed by atoms with Crippen molar-refractivity contribution in [3.8, 4) is 5.75 Å². The first-order valence-electron chi connectivity index (χ1n) is 9.19. The van der Waals surface area contributed by atoms with E-state index in [2.05, 4.69) is 31.1 Å². The zero-order valence-electron chi connectivity index (χ0n) is 16.6. The maximum atomic E-state index is 13.0. The van der Waals surface area contributed by atoms with E-state index >= 15 is 0 Å². The zero-order chi connectivity index (χ0) is 20.3. The van der Waals surface area contributed by atoms with Crippen LogP contribution in [0.4, 0.5) is 0 Å². The van der Waals surface area contributed by atoms with Crippen molar-refractivity contribution < 1.29 is 9.53 Å². The second kappa shape index (κ2) is 8.75. The van der Waals surface area contributed by atoms with Gasteiger partial charge in [-0.2, -0.15) is 0 Å². The smallest absolute Gasteiger partial charge is 0.270 e. The first-order chi connectivity index (χ1) is 13.4. The first-order valence-corrected chi connectivity index (χ1v) is 9.99. The molecule has 0 aliphatic rings. The van der Waals surface area contributed by atoms with Crippen molar-refractivity contribution in [2.24, 2.45) is 0 Å². The molecule has 1 N–H and O–H groups in total. The van der Waals surface area contributed by atoms with Gasteiger partial charge in [0, 0.05) is 17.2 Å². The van der Waals surface area contributed by atoms with Crippen molar-refractivity contribution in [1.82, 2.24) is 19.6 Å². The number of ether oxygens (including phenoxy) is 1. The SMILES string of the molecule is CCc1nc2ccc(Br)cn2c1C(=O)NCC(c1ccc(OC)cc1)N(C)C. The topological polar surface area (TPSA) is 58.9 Å². The molecular weight excluding hydrogens is 420 g/mol. The van der Waals surface area contributed by atoms with Gasteiger partial charge in [-0.05, 0) is 66.3 Å². The molecule has 3 aromatic rings. The largest absolute Gasteiger partial charge is 0.497 e. The number of hydrogen-bond donors (Lipinski definition) is 1. The Morgan fingerprint density at radius 3 is 2.57 bits per heavy atom. The molecule has 0 bridgehead atoms. The van der Waals surface area contributed by atoms with Crippen LogP contribution >= 0.6 is 15.9 Å². The number of amides is 1. The van der Waals surface area contributed by atoms with Gasteiger partial charge in [0.25, 0.3) is 5.91 Å². The lowest BCUT2D eigenvalue weighted by atomic mass is 10.1. The number of imidazole rings is 1. The third kappa shape index (κ3) is 4.20. The van der Waals surface area contributed by atoms with Gasteiger partial charge in [0.1, 0.15) is 17.1 Å². The number of halogens is 1. The average molecular weight is 445 g/mol. The van der Waals surface area contributed by atoms with Crippen molar-refractivity contribution in [2.75, 3.05) is 27.7 Å². The van der Waals surface area contributed by atoms with Crippen molar-refractivity contribution in [3.63, 3.8) is 0 Å². The fraction of sp³-hybridized carbons (Fsp3) is 0.333. The molecule has 0 aliphatic carbocycles. The predicted octanol–water partition coefficient (Wildman–Crippen LogP) is 3.70. The predicted molar refractivity (Wildman–Crippen MR) is 114 cm³/mol. The molecule has 0 radical (unpaired) electrons. The first kappa shape index (κ1) is 20.4. The van der Waals surface area contributed by atoms with Crippen LogP contribution in [-0.4, -0.2) is 47.9 Å². The van der Waals surface area contributed by atoms with Gasteiger partial charge in [0.05, 0.1) is 18.8 Å². The van der Waals surface area contributed by atoms with Gasteiger partial charge in [-0.1, -0.05) is 19.1 Å². The Morgan fingerprint density at radius 1 is 1.25 bits per heavy atom. The van der Waals surface area contributed by atoms with Crippen molar-refractivity contribution in [1.29, 1.82) is 0 Å². The molecular formula is C21H25BrN4O2. The van der Waals surface area contributed by atoms with Gasteiger partial charge >= 0.3 is 0 Å². The number of pyridine rings is 1. The lowest BCUT2D eigenvalue weighted by molar-refractivity contribution is 0.0935. The standard InChI is InChI=1S/C21H25BrN4O2/c1-5-17-20(26-13-15(22)8-11-19(26)24-17)21(27)23-12-18(25(2)3)14-6-9-16(28-4)10-7-14/h6-11,13,18H,5,12H2,1-4H3,(H,23,27). The van der Waals surface area contributed by atoms with Crippen LogP contribution in [0.3, 0.4) is 0 Å². The van der Waals surface area contributed by atoms with Crippen LogP contribution in [0.5, 0.6) is 5.75 Å². The van der Waals surface area contributed by atoms with Crippen LogP contribution in [-0.2, 0) is 6.42 Å². The number of nitrogens with zero attached hydrogens (tertiary/aromatic N) is 3. The van der Waals surface area contributed by atoms with E-state index in [0.29, 0.717) is 18.7 Å². The summed E-state index contributed by atoms with van der Waals surface area (Å²) < 4.78 is 7.98. The van der Waals surface area contributed by atoms with Gasteiger partial charge in [-0.3, -0.25) is 9.20 Å². The number of hydrogen-bond acceptors (Lipinski definition) is 4. The maximum Gasteiger partial charge on any atom is 0.270 e. The molecule has 0 spiro atoms. The number of benzene rings is 1. The van der Waals surface area contributed by atoms with Gasteiger partial charge in [0.15, 0.2) is 0 Å². The summed E-state index contributed by atoms with van der Waals surface area (Å²) in [5.41, 5.74) is 3.26. The highest BCUT2D eigenvalue weighted by molar-refractivity contribution is 9.10. The fourth-order valence-electron chi connectivity index (χ4n) is 3.25. The Kier molecular flexibility index (Phi) is 6.36. The van der Waals surface area contributed by atoms with E-state index in [4.69, 9.17) is 4.74 Å². The Hall–Kier alpha value is -2.38. The van der Waals surface area contributed by atoms with E-state index in [1.807, 2.05) is 68.0 Å². The highest BCUT2D eigenvalue weighted by Crippen LogP contribution is 2.22. The molecule has 0 fully saturated rings. The lowest BCUT2D eigenvalue weighted by Crippen LogP contribution is -2.35. The molecule has 1 unspecified atom stereocenters. The van der Waals surface area contributed by atoms with Gasteiger partial charge in [-0.25, -0.2) is 4.98 Å². The molecule has 2 aromatic heterocycles. The summed E-state index contributed by atoms with van der Waals surface area (Å²) >= 11 is 3.47. The summed E-state index contributed by atoms with van der Waals surface area (Å²) in [6.07, 6.45) is 2.57. The van der Waals surface area contributed by atoms with Gasteiger partial charge in [-0.15, -0.1) is 0 Å². The summed E-state index contributed by atoms with van der Waals surface area (Å²) in [5, 5.41) is 3.09. The maximum absolute atomic E-state index is 13.0. The number of fused-ring (bicyclic) bond motifs is 1. The van der Waals surface area contributed by atoms with Crippen molar-refractivity contribution >= 4 is 27.5 Å². The molecule has 2 heterocycles. The fourth-order valence-corrected chi connectivity index (χ4v) is 3.59. The van der Waals surface area contributed by atoms with Crippen molar-refractivity contribution in [3.05, 3.63) is 64.0 Å². The van der Waals surface area contributed by atoms with E-state index in [1.165, 1.54) is 0 Å². The second-order valence-electron chi connectivity index (χ2n) is 6.80. The summed E-state index contributed by atoms with van der Waals surface area (Å²) in [4.78, 5) is 19.7. The molecule has 0 aliphatic heterocycles. The summed E-state index contributed by atoms with van der Waals surface area (Å²) in [6, 6.07) is 11.8. The quantitative estimate of drug-likeness (QED) is 0.603. The monoisotopic (exact) mass is 444 g/mol. The van der Waals surface area contributed by atoms with Crippen molar-refractivity contribution in [2.45, 2.75) is 19.4 Å². The average Bonchev–Trinajstić information content (AvgIpc) is 3.06. The second-order valence-corrected chi connectivity index (χ2v) is 7.71. The lowest BCUT2D eigenvalue weighted by Gasteiger charge is -2.25. The molecule has 0 saturated heterocycles. The zero-order valence-corrected chi connectivity index (χ0v) is 18.2. The van der Waals surface area contributed by atoms with Gasteiger partial charge in [0.2, 0.25) is 0 Å². The molecule has 28 heavy (non-hydrogen) atoms. The number of carbonyl (C=O) groups excluding carboxylic acids is 1. The number of nitrogens with one attached hydrogen (secondary N) is 1. The van der Waals surface area contributed by atoms with E-state index < -0.39 is 0 Å². The molecule has 3 rings (SSSR count). The minimum Gasteiger partial charge on any atom is -0.497 e. The Labute approximate surface area is 173 Å². The van der Waals surface area contributed by atoms with Crippen LogP contribution in [0, 0.1) is 0 Å². The molecule has 0 saturated carbocycles. The van der Waals surface area contributed by atoms with Crippen LogP contribution < -0.4 is 10.1 Å². The molecule has 7 heteroatoms. The van der Waals surface area contributed by atoms with E-state index in [9.17, 15) is 4.79 Å². The molecule has 1 amide bonds. The molecule has 6 nitrogen and oxygen atoms in total. The van der Waals surface area contributed by atoms with E-state index in [0.717, 1.165) is 27.1 Å². The molecule has 1 aromatic carbocycles. The molecule has 148 valence electrons. The number of rotatable bonds is 7. The highest BCUT2D eigenvalue weighted by atomic mass is 79.9. The number of likely N-dealkylation sites (N-methyl/N-ethyl adjacent to an activating group) is 1. The number of aryl methyl sites for hydroxylation is 1. The van der Waals surface area contributed by atoms with Crippen LogP contribution in [0.1, 0.15) is 34.7 Å². The normalized spacial score (nSPS) is 12.4. The number of aromatic nitrogens is 2. The summed E-state index contributed by atoms with van der Waals surface area (Å²) in [7, 11) is 5.66. The Morgan fingerprint density at radius 2 is 1.96 bits per heavy atom. The number of methoxy groups -OCH3 is 1. The molecule has 1 atom stereocenters.